The lowest BCUT2D eigenvalue weighted by Gasteiger charge is -2.23. The zero-order valence-electron chi connectivity index (χ0n) is 11.5. The Morgan fingerprint density at radius 2 is 1.79 bits per heavy atom. The van der Waals surface area contributed by atoms with Crippen LogP contribution in [0.15, 0.2) is 30.3 Å². The van der Waals surface area contributed by atoms with Crippen molar-refractivity contribution in [2.45, 2.75) is 26.7 Å². The third kappa shape index (κ3) is 5.55. The summed E-state index contributed by atoms with van der Waals surface area (Å²) in [6.07, 6.45) is 0.856. The van der Waals surface area contributed by atoms with Crippen LogP contribution in [0.3, 0.4) is 0 Å². The summed E-state index contributed by atoms with van der Waals surface area (Å²) < 4.78 is 0. The van der Waals surface area contributed by atoms with Gasteiger partial charge in [-0.3, -0.25) is 9.59 Å². The van der Waals surface area contributed by atoms with Crippen molar-refractivity contribution in [3.05, 3.63) is 35.9 Å². The fraction of sp³-hybridized carbons (Fsp3) is 0.467. The number of aliphatic carboxylic acids is 1. The lowest BCUT2D eigenvalue weighted by atomic mass is 10.1. The van der Waals surface area contributed by atoms with Crippen LogP contribution in [0.25, 0.3) is 0 Å². The van der Waals surface area contributed by atoms with Crippen LogP contribution in [0.5, 0.6) is 0 Å². The fourth-order valence-electron chi connectivity index (χ4n) is 1.72. The molecule has 19 heavy (non-hydrogen) atoms. The van der Waals surface area contributed by atoms with Gasteiger partial charge in [0.1, 0.15) is 0 Å². The van der Waals surface area contributed by atoms with E-state index in [2.05, 4.69) is 13.8 Å². The monoisotopic (exact) mass is 263 g/mol. The Balaban J connectivity index is 2.71. The third-order valence-corrected chi connectivity index (χ3v) is 2.88. The number of hydrogen-bond acceptors (Lipinski definition) is 2. The molecule has 0 saturated heterocycles. The van der Waals surface area contributed by atoms with Gasteiger partial charge in [0.05, 0.1) is 6.42 Å². The number of benzene rings is 1. The maximum absolute atomic E-state index is 12.3. The van der Waals surface area contributed by atoms with Crippen LogP contribution in [-0.2, 0) is 4.79 Å². The number of amides is 1. The molecule has 0 aliphatic carbocycles. The predicted octanol–water partition coefficient (Wildman–Crippen LogP) is 2.65. The van der Waals surface area contributed by atoms with Gasteiger partial charge in [0.2, 0.25) is 0 Å². The highest BCUT2D eigenvalue weighted by Gasteiger charge is 2.16. The van der Waals surface area contributed by atoms with Gasteiger partial charge < -0.3 is 10.0 Å². The number of nitrogens with zero attached hydrogens (tertiary/aromatic N) is 1. The van der Waals surface area contributed by atoms with Crippen LogP contribution in [0, 0.1) is 5.92 Å². The summed E-state index contributed by atoms with van der Waals surface area (Å²) in [5.74, 6) is -0.492. The Morgan fingerprint density at radius 1 is 1.16 bits per heavy atom. The van der Waals surface area contributed by atoms with Crippen molar-refractivity contribution < 1.29 is 14.7 Å². The van der Waals surface area contributed by atoms with Crippen LogP contribution in [0.2, 0.25) is 0 Å². The Labute approximate surface area is 114 Å². The molecule has 1 aromatic carbocycles. The first-order valence-corrected chi connectivity index (χ1v) is 6.57. The highest BCUT2D eigenvalue weighted by Crippen LogP contribution is 2.09. The minimum atomic E-state index is -0.879. The second-order valence-corrected chi connectivity index (χ2v) is 4.98. The molecular weight excluding hydrogens is 242 g/mol. The van der Waals surface area contributed by atoms with E-state index in [1.165, 1.54) is 0 Å². The second-order valence-electron chi connectivity index (χ2n) is 4.98. The average molecular weight is 263 g/mol. The number of carbonyl (C=O) groups excluding carboxylic acids is 1. The molecule has 1 N–H and O–H groups in total. The minimum Gasteiger partial charge on any atom is -0.481 e. The molecule has 0 fully saturated rings. The highest BCUT2D eigenvalue weighted by molar-refractivity contribution is 5.94. The van der Waals surface area contributed by atoms with E-state index < -0.39 is 5.97 Å². The molecule has 0 spiro atoms. The molecule has 1 amide bonds. The number of hydrogen-bond donors (Lipinski definition) is 1. The average Bonchev–Trinajstić information content (AvgIpc) is 2.38. The molecule has 1 aromatic rings. The van der Waals surface area contributed by atoms with Crippen molar-refractivity contribution in [2.75, 3.05) is 13.1 Å². The Morgan fingerprint density at radius 3 is 2.32 bits per heavy atom. The van der Waals surface area contributed by atoms with E-state index in [0.29, 0.717) is 18.0 Å². The van der Waals surface area contributed by atoms with E-state index in [1.807, 2.05) is 18.2 Å². The molecule has 0 aromatic heterocycles. The lowest BCUT2D eigenvalue weighted by Crippen LogP contribution is -2.34. The Hall–Kier alpha value is -1.84. The van der Waals surface area contributed by atoms with Crippen molar-refractivity contribution in [2.24, 2.45) is 5.92 Å². The number of carboxylic acids is 1. The molecule has 0 aliphatic heterocycles. The molecule has 0 radical (unpaired) electrons. The molecule has 0 aliphatic rings. The van der Waals surface area contributed by atoms with E-state index in [0.717, 1.165) is 6.42 Å². The van der Waals surface area contributed by atoms with Gasteiger partial charge in [-0.2, -0.15) is 0 Å². The molecular formula is C15H21NO3. The number of carbonyl (C=O) groups is 2. The quantitative estimate of drug-likeness (QED) is 0.822. The molecule has 0 unspecified atom stereocenters. The van der Waals surface area contributed by atoms with E-state index in [-0.39, 0.29) is 18.9 Å². The zero-order valence-corrected chi connectivity index (χ0v) is 11.5. The van der Waals surface area contributed by atoms with E-state index in [1.54, 1.807) is 17.0 Å². The van der Waals surface area contributed by atoms with Gasteiger partial charge in [-0.15, -0.1) is 0 Å². The Kier molecular flexibility index (Phi) is 6.06. The van der Waals surface area contributed by atoms with Gasteiger partial charge in [0, 0.05) is 18.7 Å². The zero-order chi connectivity index (χ0) is 14.3. The van der Waals surface area contributed by atoms with Gasteiger partial charge in [-0.05, 0) is 24.5 Å². The van der Waals surface area contributed by atoms with Gasteiger partial charge >= 0.3 is 5.97 Å². The van der Waals surface area contributed by atoms with Gasteiger partial charge in [-0.1, -0.05) is 32.0 Å². The maximum atomic E-state index is 12.3. The highest BCUT2D eigenvalue weighted by atomic mass is 16.4. The summed E-state index contributed by atoms with van der Waals surface area (Å²) in [6, 6.07) is 8.99. The van der Waals surface area contributed by atoms with E-state index >= 15 is 0 Å². The summed E-state index contributed by atoms with van der Waals surface area (Å²) >= 11 is 0. The summed E-state index contributed by atoms with van der Waals surface area (Å²) in [5.41, 5.74) is 0.608. The third-order valence-electron chi connectivity index (χ3n) is 2.88. The van der Waals surface area contributed by atoms with Crippen molar-refractivity contribution in [1.29, 1.82) is 0 Å². The first kappa shape index (κ1) is 15.2. The molecule has 4 nitrogen and oxygen atoms in total. The largest absolute Gasteiger partial charge is 0.481 e. The first-order chi connectivity index (χ1) is 9.00. The molecule has 104 valence electrons. The molecule has 0 saturated carbocycles. The molecule has 0 bridgehead atoms. The predicted molar refractivity (Wildman–Crippen MR) is 74.1 cm³/mol. The summed E-state index contributed by atoms with van der Waals surface area (Å²) in [6.45, 7) is 5.03. The summed E-state index contributed by atoms with van der Waals surface area (Å²) in [7, 11) is 0. The fourth-order valence-corrected chi connectivity index (χ4v) is 1.72. The van der Waals surface area contributed by atoms with Crippen molar-refractivity contribution >= 4 is 11.9 Å². The normalized spacial score (nSPS) is 10.5. The molecule has 0 heterocycles. The van der Waals surface area contributed by atoms with Crippen LogP contribution in [0.4, 0.5) is 0 Å². The van der Waals surface area contributed by atoms with Gasteiger partial charge in [0.15, 0.2) is 0 Å². The van der Waals surface area contributed by atoms with Crippen LogP contribution >= 0.6 is 0 Å². The van der Waals surface area contributed by atoms with Crippen LogP contribution in [-0.4, -0.2) is 35.0 Å². The smallest absolute Gasteiger partial charge is 0.305 e. The second kappa shape index (κ2) is 7.56. The number of carboxylic acid groups (broad SMARTS) is 1. The van der Waals surface area contributed by atoms with Gasteiger partial charge in [0.25, 0.3) is 5.91 Å². The lowest BCUT2D eigenvalue weighted by molar-refractivity contribution is -0.137. The summed E-state index contributed by atoms with van der Waals surface area (Å²) in [5, 5.41) is 8.75. The molecule has 0 atom stereocenters. The summed E-state index contributed by atoms with van der Waals surface area (Å²) in [4.78, 5) is 24.6. The first-order valence-electron chi connectivity index (χ1n) is 6.57. The molecule has 1 rings (SSSR count). The Bertz CT molecular complexity index is 415. The van der Waals surface area contributed by atoms with Crippen LogP contribution < -0.4 is 0 Å². The number of rotatable bonds is 7. The van der Waals surface area contributed by atoms with E-state index in [4.69, 9.17) is 5.11 Å². The van der Waals surface area contributed by atoms with Crippen molar-refractivity contribution in [3.63, 3.8) is 0 Å². The van der Waals surface area contributed by atoms with E-state index in [9.17, 15) is 9.59 Å². The molecule has 4 heteroatoms. The SMILES string of the molecule is CC(C)CCN(CCC(=O)O)C(=O)c1ccccc1. The van der Waals surface area contributed by atoms with Gasteiger partial charge in [-0.25, -0.2) is 0 Å². The standard InChI is InChI=1S/C15H21NO3/c1-12(2)8-10-16(11-9-14(17)18)15(19)13-6-4-3-5-7-13/h3-7,12H,8-11H2,1-2H3,(H,17,18). The maximum Gasteiger partial charge on any atom is 0.305 e. The topological polar surface area (TPSA) is 57.6 Å². The van der Waals surface area contributed by atoms with Crippen LogP contribution in [0.1, 0.15) is 37.0 Å². The minimum absolute atomic E-state index is 0.0172. The van der Waals surface area contributed by atoms with Crippen molar-refractivity contribution in [3.8, 4) is 0 Å². The van der Waals surface area contributed by atoms with Crippen molar-refractivity contribution in [1.82, 2.24) is 4.90 Å².